The van der Waals surface area contributed by atoms with E-state index in [1.165, 1.54) is 21.4 Å². The average molecular weight is 912 g/mol. The standard InChI is InChI=1S/C52H53N3O6S3/c56-46(57)23-14-6-4-2-1-3-5-7-15-30-53-50(61)48(64-52(53)62)51-54(34-47(58)59)49(60)45(63-51)33-36-26-29-44-42(32-36)40-21-16-22-43(40)55(44)39-27-24-35(25-28-39)31-41(37-17-10-8-11-18-37)38-19-12-9-13-20-38/h8-13,17-20,24-29,31-33,40,43H,1-7,14-16,21-23,30,34H2,(H,56,57)(H,58,59)/b45-33?,51-48+. The number of unbranched alkanes of at least 4 members (excludes halogenated alkanes) is 8. The van der Waals surface area contributed by atoms with Crippen molar-refractivity contribution in [1.82, 2.24) is 9.47 Å². The van der Waals surface area contributed by atoms with Crippen molar-refractivity contribution < 1.29 is 24.6 Å². The lowest BCUT2D eigenvalue weighted by Gasteiger charge is -2.27. The van der Waals surface area contributed by atoms with Crippen molar-refractivity contribution in [2.24, 2.45) is 0 Å². The number of hydrogen-bond donors (Lipinski definition) is 2. The maximum atomic E-state index is 13.9. The zero-order valence-electron chi connectivity index (χ0n) is 35.8. The predicted molar refractivity (Wildman–Crippen MR) is 263 cm³/mol. The highest BCUT2D eigenvalue weighted by atomic mass is 32.2. The molecule has 2 N–H and O–H groups in total. The molecule has 8 rings (SSSR count). The number of nitrogens with zero attached hydrogens (tertiary/aromatic N) is 3. The summed E-state index contributed by atoms with van der Waals surface area (Å²) in [4.78, 5) is 54.8. The molecule has 0 radical (unpaired) electrons. The largest absolute Gasteiger partial charge is 0.481 e. The normalized spacial score (nSPS) is 17.8. The molecule has 64 heavy (non-hydrogen) atoms. The van der Waals surface area contributed by atoms with Crippen molar-refractivity contribution in [3.8, 4) is 0 Å². The number of fused-ring (bicyclic) bond motifs is 3. The second-order valence-electron chi connectivity index (χ2n) is 16.9. The van der Waals surface area contributed by atoms with Crippen molar-refractivity contribution in [1.29, 1.82) is 0 Å². The van der Waals surface area contributed by atoms with E-state index in [1.807, 2.05) is 24.3 Å². The average Bonchev–Trinajstić information content (AvgIpc) is 4.04. The van der Waals surface area contributed by atoms with Crippen LogP contribution in [0, 0.1) is 0 Å². The number of aromatic nitrogens is 1. The number of hydrogen-bond acceptors (Lipinski definition) is 8. The molecule has 1 saturated heterocycles. The number of thioether (sulfide) groups is 1. The highest BCUT2D eigenvalue weighted by Crippen LogP contribution is 2.52. The smallest absolute Gasteiger partial charge is 0.323 e. The fourth-order valence-electron chi connectivity index (χ4n) is 9.39. The zero-order valence-corrected chi connectivity index (χ0v) is 38.3. The summed E-state index contributed by atoms with van der Waals surface area (Å²) in [5.41, 5.74) is 8.60. The van der Waals surface area contributed by atoms with Crippen LogP contribution in [0.5, 0.6) is 0 Å². The minimum atomic E-state index is -1.16. The Morgan fingerprint density at radius 3 is 2.00 bits per heavy atom. The number of aliphatic carboxylic acids is 2. The molecule has 0 spiro atoms. The Bertz CT molecular complexity index is 2690. The van der Waals surface area contributed by atoms with E-state index in [0.29, 0.717) is 36.9 Å². The summed E-state index contributed by atoms with van der Waals surface area (Å²) in [6.07, 6.45) is 16.4. The van der Waals surface area contributed by atoms with Crippen LogP contribution in [0.15, 0.2) is 108 Å². The van der Waals surface area contributed by atoms with Crippen LogP contribution in [0.25, 0.3) is 22.6 Å². The van der Waals surface area contributed by atoms with Gasteiger partial charge in [-0.05, 0) is 95.5 Å². The van der Waals surface area contributed by atoms with E-state index in [1.54, 1.807) is 4.90 Å². The molecule has 1 aromatic heterocycles. The molecule has 1 saturated carbocycles. The van der Waals surface area contributed by atoms with E-state index in [-0.39, 0.29) is 12.3 Å². The number of carbonyl (C=O) groups excluding carboxylic acids is 1. The molecule has 2 atom stereocenters. The van der Waals surface area contributed by atoms with Gasteiger partial charge in [0.2, 0.25) is 0 Å². The van der Waals surface area contributed by atoms with Gasteiger partial charge in [-0.3, -0.25) is 28.6 Å². The number of amides is 1. The van der Waals surface area contributed by atoms with E-state index in [2.05, 4.69) is 95.9 Å². The Hall–Kier alpha value is -5.56. The molecule has 3 aliphatic rings. The van der Waals surface area contributed by atoms with Gasteiger partial charge in [0.15, 0.2) is 0 Å². The number of rotatable bonds is 19. The van der Waals surface area contributed by atoms with E-state index >= 15 is 0 Å². The van der Waals surface area contributed by atoms with E-state index in [9.17, 15) is 24.3 Å². The molecule has 1 amide bonds. The van der Waals surface area contributed by atoms with Crippen molar-refractivity contribution in [3.63, 3.8) is 0 Å². The maximum Gasteiger partial charge on any atom is 0.323 e. The first kappa shape index (κ1) is 45.0. The fourth-order valence-corrected chi connectivity index (χ4v) is 12.0. The molecule has 3 heterocycles. The first-order valence-electron chi connectivity index (χ1n) is 22.4. The van der Waals surface area contributed by atoms with Crippen LogP contribution in [0.4, 0.5) is 11.4 Å². The van der Waals surface area contributed by atoms with Gasteiger partial charge in [0.05, 0.1) is 4.53 Å². The predicted octanol–water partition coefficient (Wildman–Crippen LogP) is 10.2. The quantitative estimate of drug-likeness (QED) is 0.0474. The van der Waals surface area contributed by atoms with Gasteiger partial charge in [0.1, 0.15) is 20.4 Å². The van der Waals surface area contributed by atoms with Crippen molar-refractivity contribution in [3.05, 3.63) is 150 Å². The van der Waals surface area contributed by atoms with Crippen molar-refractivity contribution in [2.45, 2.75) is 102 Å². The third kappa shape index (κ3) is 10.4. The number of thiocarbonyl (C=S) groups is 1. The zero-order chi connectivity index (χ0) is 44.6. The Morgan fingerprint density at radius 1 is 0.734 bits per heavy atom. The van der Waals surface area contributed by atoms with Crippen LogP contribution in [0.3, 0.4) is 0 Å². The molecular weight excluding hydrogens is 859 g/mol. The van der Waals surface area contributed by atoms with Crippen LogP contribution in [0.2, 0.25) is 0 Å². The van der Waals surface area contributed by atoms with Crippen LogP contribution in [0.1, 0.15) is 117 Å². The third-order valence-corrected chi connectivity index (χ3v) is 15.2. The summed E-state index contributed by atoms with van der Waals surface area (Å²) < 4.78 is 2.31. The molecule has 2 fully saturated rings. The minimum Gasteiger partial charge on any atom is -0.481 e. The summed E-state index contributed by atoms with van der Waals surface area (Å²) in [7, 11) is 0. The van der Waals surface area contributed by atoms with Crippen LogP contribution in [-0.2, 0) is 20.9 Å². The van der Waals surface area contributed by atoms with Gasteiger partial charge in [-0.1, -0.05) is 154 Å². The first-order valence-corrected chi connectivity index (χ1v) is 24.5. The topological polar surface area (TPSA) is 120 Å². The van der Waals surface area contributed by atoms with Gasteiger partial charge in [-0.15, -0.1) is 11.3 Å². The summed E-state index contributed by atoms with van der Waals surface area (Å²) in [6, 6.07) is 36.5. The lowest BCUT2D eigenvalue weighted by atomic mass is 9.95. The van der Waals surface area contributed by atoms with Crippen molar-refractivity contribution in [2.75, 3.05) is 11.4 Å². The second kappa shape index (κ2) is 21.0. The molecule has 0 bridgehead atoms. The van der Waals surface area contributed by atoms with Gasteiger partial charge in [-0.2, -0.15) is 0 Å². The van der Waals surface area contributed by atoms with Gasteiger partial charge >= 0.3 is 11.9 Å². The van der Waals surface area contributed by atoms with E-state index in [0.717, 1.165) is 128 Å². The maximum absolute atomic E-state index is 13.9. The number of carbonyl (C=O) groups is 3. The first-order chi connectivity index (χ1) is 31.2. The highest BCUT2D eigenvalue weighted by molar-refractivity contribution is 8.30. The molecule has 12 heteroatoms. The van der Waals surface area contributed by atoms with Crippen LogP contribution in [-0.4, -0.2) is 54.4 Å². The van der Waals surface area contributed by atoms with Crippen LogP contribution >= 0.6 is 35.3 Å². The summed E-state index contributed by atoms with van der Waals surface area (Å²) in [5.74, 6) is -1.84. The summed E-state index contributed by atoms with van der Waals surface area (Å²) in [5, 5.41) is 18.6. The summed E-state index contributed by atoms with van der Waals surface area (Å²) >= 11 is 7.93. The molecule has 2 unspecified atom stereocenters. The van der Waals surface area contributed by atoms with Gasteiger partial charge in [-0.25, -0.2) is 0 Å². The molecule has 9 nitrogen and oxygen atoms in total. The number of carboxylic acids is 2. The van der Waals surface area contributed by atoms with Gasteiger partial charge < -0.3 is 15.1 Å². The van der Waals surface area contributed by atoms with Crippen molar-refractivity contribution >= 4 is 91.5 Å². The molecule has 1 aliphatic carbocycles. The Labute approximate surface area is 387 Å². The number of carboxylic acid groups (broad SMARTS) is 2. The molecule has 2 aliphatic heterocycles. The number of anilines is 2. The Morgan fingerprint density at radius 2 is 1.36 bits per heavy atom. The third-order valence-electron chi connectivity index (χ3n) is 12.5. The molecular formula is C52H53N3O6S3. The molecule has 5 aromatic rings. The lowest BCUT2D eigenvalue weighted by molar-refractivity contribution is -0.138. The monoisotopic (exact) mass is 911 g/mol. The highest BCUT2D eigenvalue weighted by Gasteiger charge is 2.42. The van der Waals surface area contributed by atoms with E-state index in [4.69, 9.17) is 17.3 Å². The van der Waals surface area contributed by atoms with Gasteiger partial charge in [0, 0.05) is 36.3 Å². The SMILES string of the molecule is O=C(O)CCCCCCCCCCCN1C(=O)/C(=c2\sc(=Cc3ccc4c(c3)C3CCCC3N4c3ccc(C=C(c4ccccc4)c4ccccc4)cc3)c(=O)n2CC(=O)O)SC1=S. The number of thiazole rings is 1. The lowest BCUT2D eigenvalue weighted by Crippen LogP contribution is -2.35. The molecule has 4 aromatic carbocycles. The second-order valence-corrected chi connectivity index (χ2v) is 19.5. The van der Waals surface area contributed by atoms with Crippen LogP contribution < -0.4 is 19.7 Å². The Kier molecular flexibility index (Phi) is 14.7. The van der Waals surface area contributed by atoms with E-state index < -0.39 is 24.0 Å². The Balaban J connectivity index is 0.996. The fraction of sp³-hybridized carbons (Fsp3) is 0.327. The minimum absolute atomic E-state index is 0.233. The van der Waals surface area contributed by atoms with Gasteiger partial charge in [0.25, 0.3) is 11.5 Å². The summed E-state index contributed by atoms with van der Waals surface area (Å²) in [6.45, 7) is -0.0880. The number of benzene rings is 4. The molecule has 330 valence electrons.